The maximum atomic E-state index is 13.3. The van der Waals surface area contributed by atoms with E-state index >= 15 is 0 Å². The van der Waals surface area contributed by atoms with Crippen LogP contribution in [0.4, 0.5) is 5.13 Å². The van der Waals surface area contributed by atoms with E-state index in [9.17, 15) is 19.5 Å². The normalized spacial score (nSPS) is 20.6. The zero-order chi connectivity index (χ0) is 24.9. The number of ether oxygens (including phenoxy) is 2. The number of carbonyl (C=O) groups is 3. The molecule has 0 aliphatic carbocycles. The number of benzene rings is 2. The lowest BCUT2D eigenvalue weighted by molar-refractivity contribution is -0.132. The lowest BCUT2D eigenvalue weighted by atomic mass is 9.94. The summed E-state index contributed by atoms with van der Waals surface area (Å²) >= 11 is 1.16. The van der Waals surface area contributed by atoms with Crippen LogP contribution >= 0.6 is 11.3 Å². The number of esters is 1. The largest absolute Gasteiger partial charge is 0.507 e. The van der Waals surface area contributed by atoms with Crippen molar-refractivity contribution in [2.75, 3.05) is 12.0 Å². The molecule has 178 valence electrons. The van der Waals surface area contributed by atoms with E-state index in [1.54, 1.807) is 49.4 Å². The van der Waals surface area contributed by atoms with Gasteiger partial charge < -0.3 is 14.6 Å². The Morgan fingerprint density at radius 2 is 1.86 bits per heavy atom. The van der Waals surface area contributed by atoms with Crippen molar-refractivity contribution in [2.45, 2.75) is 32.4 Å². The SMILES string of the molecule is COC(=O)c1ccc([C@@H]2/C(=C(\O)c3ccc4c(c3)C[C@H](C)O4)C(=O)C(=O)N2c2nnc(C)s2)cc1. The van der Waals surface area contributed by atoms with Crippen LogP contribution in [0.25, 0.3) is 5.76 Å². The predicted molar refractivity (Wildman–Crippen MR) is 127 cm³/mol. The monoisotopic (exact) mass is 491 g/mol. The standard InChI is InChI=1S/C25H21N3O6S/c1-12-10-17-11-16(8-9-18(17)34-12)21(29)19-20(14-4-6-15(7-5-14)24(32)33-3)28(23(31)22(19)30)25-27-26-13(2)35-25/h4-9,11-12,20,29H,10H2,1-3H3/b21-19+/t12-,20+/m0/s1. The number of hydrogen-bond acceptors (Lipinski definition) is 9. The molecule has 0 bridgehead atoms. The summed E-state index contributed by atoms with van der Waals surface area (Å²) in [7, 11) is 1.28. The van der Waals surface area contributed by atoms with Gasteiger partial charge in [0.05, 0.1) is 24.3 Å². The highest BCUT2D eigenvalue weighted by Gasteiger charge is 2.48. The average molecular weight is 492 g/mol. The number of hydrogen-bond donors (Lipinski definition) is 1. The summed E-state index contributed by atoms with van der Waals surface area (Å²) in [6.07, 6.45) is 0.690. The minimum absolute atomic E-state index is 0.0157. The van der Waals surface area contributed by atoms with E-state index in [0.717, 1.165) is 22.6 Å². The summed E-state index contributed by atoms with van der Waals surface area (Å²) < 4.78 is 10.5. The van der Waals surface area contributed by atoms with Crippen molar-refractivity contribution in [3.63, 3.8) is 0 Å². The quantitative estimate of drug-likeness (QED) is 0.255. The third-order valence-corrected chi connectivity index (χ3v) is 6.82. The highest BCUT2D eigenvalue weighted by atomic mass is 32.1. The number of carbonyl (C=O) groups excluding carboxylic acids is 3. The number of rotatable bonds is 4. The topological polar surface area (TPSA) is 119 Å². The molecule has 3 aromatic rings. The van der Waals surface area contributed by atoms with Crippen molar-refractivity contribution in [3.05, 3.63) is 75.3 Å². The van der Waals surface area contributed by atoms with Gasteiger partial charge in [0.2, 0.25) is 5.13 Å². The summed E-state index contributed by atoms with van der Waals surface area (Å²) in [6.45, 7) is 3.69. The van der Waals surface area contributed by atoms with Gasteiger partial charge in [-0.25, -0.2) is 4.79 Å². The Bertz CT molecular complexity index is 1390. The van der Waals surface area contributed by atoms with Crippen molar-refractivity contribution in [2.24, 2.45) is 0 Å². The second-order valence-electron chi connectivity index (χ2n) is 8.34. The number of aliphatic hydroxyl groups is 1. The Kier molecular flexibility index (Phi) is 5.60. The number of ketones is 1. The van der Waals surface area contributed by atoms with Crippen molar-refractivity contribution in [1.82, 2.24) is 10.2 Å². The Morgan fingerprint density at radius 1 is 1.14 bits per heavy atom. The van der Waals surface area contributed by atoms with Gasteiger partial charge in [-0.2, -0.15) is 0 Å². The van der Waals surface area contributed by atoms with E-state index in [1.807, 2.05) is 6.92 Å². The minimum atomic E-state index is -0.961. The van der Waals surface area contributed by atoms with E-state index in [-0.39, 0.29) is 22.6 Å². The third kappa shape index (κ3) is 3.85. The second-order valence-corrected chi connectivity index (χ2v) is 9.50. The number of methoxy groups -OCH3 is 1. The van der Waals surface area contributed by atoms with Crippen LogP contribution in [0.15, 0.2) is 48.0 Å². The number of aromatic nitrogens is 2. The van der Waals surface area contributed by atoms with Crippen molar-refractivity contribution in [3.8, 4) is 5.75 Å². The van der Waals surface area contributed by atoms with Gasteiger partial charge in [0, 0.05) is 12.0 Å². The smallest absolute Gasteiger partial charge is 0.337 e. The van der Waals surface area contributed by atoms with E-state index in [4.69, 9.17) is 9.47 Å². The molecule has 1 amide bonds. The third-order valence-electron chi connectivity index (χ3n) is 5.98. The molecule has 35 heavy (non-hydrogen) atoms. The summed E-state index contributed by atoms with van der Waals surface area (Å²) in [5, 5.41) is 20.2. The molecule has 1 aromatic heterocycles. The molecule has 10 heteroatoms. The van der Waals surface area contributed by atoms with E-state index in [2.05, 4.69) is 10.2 Å². The summed E-state index contributed by atoms with van der Waals surface area (Å²) in [5.41, 5.74) is 2.08. The Labute approximate surface area is 204 Å². The van der Waals surface area contributed by atoms with Crippen LogP contribution in [-0.2, 0) is 20.7 Å². The molecule has 2 atom stereocenters. The summed E-state index contributed by atoms with van der Waals surface area (Å²) in [6, 6.07) is 10.5. The van der Waals surface area contributed by atoms with Crippen molar-refractivity contribution >= 4 is 39.9 Å². The molecule has 0 unspecified atom stereocenters. The van der Waals surface area contributed by atoms with Crippen LogP contribution in [0, 0.1) is 6.92 Å². The van der Waals surface area contributed by atoms with Crippen LogP contribution in [-0.4, -0.2) is 46.2 Å². The van der Waals surface area contributed by atoms with E-state index in [1.165, 1.54) is 12.0 Å². The maximum absolute atomic E-state index is 13.3. The van der Waals surface area contributed by atoms with Crippen LogP contribution < -0.4 is 9.64 Å². The predicted octanol–water partition coefficient (Wildman–Crippen LogP) is 3.58. The maximum Gasteiger partial charge on any atom is 0.337 e. The van der Waals surface area contributed by atoms with Crippen LogP contribution in [0.5, 0.6) is 5.75 Å². The molecular formula is C25H21N3O6S. The molecule has 0 radical (unpaired) electrons. The first-order valence-corrected chi connectivity index (χ1v) is 11.7. The molecule has 5 rings (SSSR count). The molecule has 1 fully saturated rings. The van der Waals surface area contributed by atoms with E-state index in [0.29, 0.717) is 28.1 Å². The highest BCUT2D eigenvalue weighted by molar-refractivity contribution is 7.15. The highest BCUT2D eigenvalue weighted by Crippen LogP contribution is 2.43. The molecule has 3 heterocycles. The van der Waals surface area contributed by atoms with Gasteiger partial charge in [-0.15, -0.1) is 10.2 Å². The number of amides is 1. The zero-order valence-electron chi connectivity index (χ0n) is 19.1. The molecule has 0 saturated carbocycles. The fourth-order valence-corrected chi connectivity index (χ4v) is 5.09. The van der Waals surface area contributed by atoms with Gasteiger partial charge >= 0.3 is 11.9 Å². The number of aryl methyl sites for hydroxylation is 1. The van der Waals surface area contributed by atoms with E-state index < -0.39 is 23.7 Å². The first-order valence-electron chi connectivity index (χ1n) is 10.9. The first-order chi connectivity index (χ1) is 16.8. The zero-order valence-corrected chi connectivity index (χ0v) is 20.0. The van der Waals surface area contributed by atoms with Crippen LogP contribution in [0.1, 0.15) is 45.0 Å². The number of nitrogens with zero attached hydrogens (tertiary/aromatic N) is 3. The molecule has 0 spiro atoms. The lowest BCUT2D eigenvalue weighted by Crippen LogP contribution is -2.29. The van der Waals surface area contributed by atoms with Gasteiger partial charge in [0.1, 0.15) is 22.6 Å². The van der Waals surface area contributed by atoms with Crippen molar-refractivity contribution in [1.29, 1.82) is 0 Å². The number of anilines is 1. The fourth-order valence-electron chi connectivity index (χ4n) is 4.37. The molecule has 1 saturated heterocycles. The second kappa shape index (κ2) is 8.62. The fraction of sp³-hybridized carbons (Fsp3) is 0.240. The van der Waals surface area contributed by atoms with Crippen LogP contribution in [0.2, 0.25) is 0 Å². The lowest BCUT2D eigenvalue weighted by Gasteiger charge is -2.22. The molecule has 2 aromatic carbocycles. The van der Waals surface area contributed by atoms with Crippen LogP contribution in [0.3, 0.4) is 0 Å². The summed E-state index contributed by atoms with van der Waals surface area (Å²) in [4.78, 5) is 39.6. The first kappa shape index (κ1) is 22.7. The van der Waals surface area contributed by atoms with Gasteiger partial charge in [-0.05, 0) is 55.3 Å². The van der Waals surface area contributed by atoms with Crippen molar-refractivity contribution < 1.29 is 29.0 Å². The summed E-state index contributed by atoms with van der Waals surface area (Å²) in [5.74, 6) is -1.73. The van der Waals surface area contributed by atoms with Gasteiger partial charge in [-0.1, -0.05) is 23.5 Å². The molecule has 9 nitrogen and oxygen atoms in total. The molecule has 2 aliphatic heterocycles. The number of fused-ring (bicyclic) bond motifs is 1. The van der Waals surface area contributed by atoms with Gasteiger partial charge in [0.15, 0.2) is 0 Å². The molecule has 1 N–H and O–H groups in total. The van der Waals surface area contributed by atoms with Gasteiger partial charge in [-0.3, -0.25) is 14.5 Å². The molecule has 2 aliphatic rings. The Hall–Kier alpha value is -4.05. The number of aliphatic hydroxyl groups excluding tert-OH is 1. The molecular weight excluding hydrogens is 470 g/mol. The Morgan fingerprint density at radius 3 is 2.51 bits per heavy atom. The average Bonchev–Trinajstić information content (AvgIpc) is 3.52. The number of Topliss-reactive ketones (excluding diaryl/α,β-unsaturated/α-hetero) is 1. The van der Waals surface area contributed by atoms with Gasteiger partial charge in [0.25, 0.3) is 5.78 Å². The minimum Gasteiger partial charge on any atom is -0.507 e. The Balaban J connectivity index is 1.66.